The smallest absolute Gasteiger partial charge is 0.237 e. The quantitative estimate of drug-likeness (QED) is 0.876. The summed E-state index contributed by atoms with van der Waals surface area (Å²) < 4.78 is 0. The van der Waals surface area contributed by atoms with E-state index < -0.39 is 0 Å². The highest BCUT2D eigenvalue weighted by molar-refractivity contribution is 5.85. The molecule has 0 saturated carbocycles. The minimum Gasteiger partial charge on any atom is -0.349 e. The number of amides is 1. The van der Waals surface area contributed by atoms with Crippen LogP contribution in [0.3, 0.4) is 0 Å². The van der Waals surface area contributed by atoms with Gasteiger partial charge in [-0.3, -0.25) is 9.78 Å². The van der Waals surface area contributed by atoms with Crippen LogP contribution in [0.1, 0.15) is 18.5 Å². The largest absolute Gasteiger partial charge is 0.349 e. The van der Waals surface area contributed by atoms with E-state index >= 15 is 0 Å². The maximum atomic E-state index is 11.6. The second kappa shape index (κ2) is 8.28. The molecule has 6 heteroatoms. The maximum absolute atomic E-state index is 11.6. The predicted molar refractivity (Wildman–Crippen MR) is 71.6 cm³/mol. The molecule has 0 bridgehead atoms. The Morgan fingerprint density at radius 3 is 2.88 bits per heavy atom. The lowest BCUT2D eigenvalue weighted by Crippen LogP contribution is -2.40. The van der Waals surface area contributed by atoms with Gasteiger partial charge in [0, 0.05) is 6.20 Å². The maximum Gasteiger partial charge on any atom is 0.237 e. The number of aromatic nitrogens is 1. The van der Waals surface area contributed by atoms with E-state index in [1.165, 1.54) is 0 Å². The molecule has 17 heavy (non-hydrogen) atoms. The molecule has 1 aliphatic heterocycles. The Morgan fingerprint density at radius 2 is 2.29 bits per heavy atom. The van der Waals surface area contributed by atoms with Crippen molar-refractivity contribution in [2.75, 3.05) is 6.54 Å². The summed E-state index contributed by atoms with van der Waals surface area (Å²) in [5.41, 5.74) is 0.892. The first-order valence-corrected chi connectivity index (χ1v) is 5.27. The van der Waals surface area contributed by atoms with Crippen molar-refractivity contribution in [3.63, 3.8) is 0 Å². The summed E-state index contributed by atoms with van der Waals surface area (Å²) in [5.74, 6) is 0.0816. The number of pyridine rings is 1. The van der Waals surface area contributed by atoms with E-state index in [1.54, 1.807) is 6.20 Å². The molecule has 0 radical (unpaired) electrons. The number of hydrogen-bond acceptors (Lipinski definition) is 3. The number of nitrogens with one attached hydrogen (secondary N) is 2. The highest BCUT2D eigenvalue weighted by Crippen LogP contribution is 2.04. The fourth-order valence-corrected chi connectivity index (χ4v) is 1.71. The average molecular weight is 278 g/mol. The molecular formula is C11H17Cl2N3O. The van der Waals surface area contributed by atoms with Crippen LogP contribution in [0, 0.1) is 0 Å². The lowest BCUT2D eigenvalue weighted by molar-refractivity contribution is -0.122. The van der Waals surface area contributed by atoms with Crippen molar-refractivity contribution in [1.29, 1.82) is 0 Å². The van der Waals surface area contributed by atoms with E-state index in [1.807, 2.05) is 18.2 Å². The number of rotatable bonds is 3. The summed E-state index contributed by atoms with van der Waals surface area (Å²) in [6.07, 6.45) is 3.75. The molecule has 1 aromatic rings. The van der Waals surface area contributed by atoms with Gasteiger partial charge in [-0.2, -0.15) is 0 Å². The first-order chi connectivity index (χ1) is 7.36. The molecule has 1 saturated heterocycles. The van der Waals surface area contributed by atoms with E-state index in [4.69, 9.17) is 0 Å². The summed E-state index contributed by atoms with van der Waals surface area (Å²) in [7, 11) is 0. The van der Waals surface area contributed by atoms with E-state index in [0.717, 1.165) is 25.1 Å². The summed E-state index contributed by atoms with van der Waals surface area (Å²) in [6.45, 7) is 1.46. The molecule has 2 heterocycles. The van der Waals surface area contributed by atoms with Crippen LogP contribution in [0.4, 0.5) is 0 Å². The zero-order chi connectivity index (χ0) is 10.5. The van der Waals surface area contributed by atoms with Gasteiger partial charge in [-0.25, -0.2) is 0 Å². The van der Waals surface area contributed by atoms with Crippen LogP contribution in [0.15, 0.2) is 24.4 Å². The zero-order valence-corrected chi connectivity index (χ0v) is 11.0. The fraction of sp³-hybridized carbons (Fsp3) is 0.455. The molecular weight excluding hydrogens is 261 g/mol. The van der Waals surface area contributed by atoms with E-state index in [2.05, 4.69) is 15.6 Å². The number of nitrogens with zero attached hydrogens (tertiary/aromatic N) is 1. The van der Waals surface area contributed by atoms with Crippen LogP contribution in [-0.2, 0) is 11.3 Å². The molecule has 2 rings (SSSR count). The number of halogens is 2. The summed E-state index contributed by atoms with van der Waals surface area (Å²) >= 11 is 0. The molecule has 1 aromatic heterocycles. The van der Waals surface area contributed by atoms with Crippen molar-refractivity contribution in [1.82, 2.24) is 15.6 Å². The molecule has 2 N–H and O–H groups in total. The van der Waals surface area contributed by atoms with Gasteiger partial charge in [0.25, 0.3) is 0 Å². The Balaban J connectivity index is 0.00000128. The highest BCUT2D eigenvalue weighted by atomic mass is 35.5. The normalized spacial score (nSPS) is 17.8. The van der Waals surface area contributed by atoms with Gasteiger partial charge in [0.15, 0.2) is 0 Å². The molecule has 0 aromatic carbocycles. The summed E-state index contributed by atoms with van der Waals surface area (Å²) in [4.78, 5) is 15.8. The van der Waals surface area contributed by atoms with Gasteiger partial charge in [-0.15, -0.1) is 24.8 Å². The Morgan fingerprint density at radius 1 is 1.47 bits per heavy atom. The molecule has 4 nitrogen and oxygen atoms in total. The molecule has 0 spiro atoms. The monoisotopic (exact) mass is 277 g/mol. The third-order valence-electron chi connectivity index (χ3n) is 2.55. The summed E-state index contributed by atoms with van der Waals surface area (Å²) in [6, 6.07) is 5.68. The van der Waals surface area contributed by atoms with Crippen molar-refractivity contribution in [2.24, 2.45) is 0 Å². The molecule has 1 amide bonds. The van der Waals surface area contributed by atoms with Crippen LogP contribution in [0.2, 0.25) is 0 Å². The van der Waals surface area contributed by atoms with Gasteiger partial charge in [0.2, 0.25) is 5.91 Å². The van der Waals surface area contributed by atoms with Crippen LogP contribution in [0.25, 0.3) is 0 Å². The number of carbonyl (C=O) groups excluding carboxylic acids is 1. The molecule has 1 atom stereocenters. The second-order valence-corrected chi connectivity index (χ2v) is 3.69. The van der Waals surface area contributed by atoms with Crippen molar-refractivity contribution in [3.8, 4) is 0 Å². The Bertz CT molecular complexity index is 329. The van der Waals surface area contributed by atoms with Crippen molar-refractivity contribution >= 4 is 30.7 Å². The molecule has 0 aliphatic carbocycles. The molecule has 1 fully saturated rings. The van der Waals surface area contributed by atoms with Crippen LogP contribution in [0.5, 0.6) is 0 Å². The van der Waals surface area contributed by atoms with Gasteiger partial charge in [-0.1, -0.05) is 6.07 Å². The van der Waals surface area contributed by atoms with E-state index in [0.29, 0.717) is 6.54 Å². The first kappa shape index (κ1) is 16.2. The van der Waals surface area contributed by atoms with Crippen LogP contribution in [-0.4, -0.2) is 23.5 Å². The molecule has 96 valence electrons. The van der Waals surface area contributed by atoms with Gasteiger partial charge >= 0.3 is 0 Å². The minimum atomic E-state index is -0.00582. The van der Waals surface area contributed by atoms with Gasteiger partial charge < -0.3 is 10.6 Å². The average Bonchev–Trinajstić information content (AvgIpc) is 2.81. The topological polar surface area (TPSA) is 54.0 Å². The SMILES string of the molecule is Cl.Cl.O=C(NCc1ccccn1)[C@@H]1CCCN1. The standard InChI is InChI=1S/C11H15N3O.2ClH/c15-11(10-5-3-7-13-10)14-8-9-4-1-2-6-12-9;;/h1-2,4,6,10,13H,3,5,7-8H2,(H,14,15);2*1H/t10-;;/m0../s1. The Hall–Kier alpha value is -0.840. The van der Waals surface area contributed by atoms with Crippen molar-refractivity contribution in [2.45, 2.75) is 25.4 Å². The number of carbonyl (C=O) groups is 1. The Kier molecular flexibility index (Phi) is 7.87. The lowest BCUT2D eigenvalue weighted by Gasteiger charge is -2.10. The number of hydrogen-bond donors (Lipinski definition) is 2. The van der Waals surface area contributed by atoms with E-state index in [9.17, 15) is 4.79 Å². The first-order valence-electron chi connectivity index (χ1n) is 5.27. The van der Waals surface area contributed by atoms with Gasteiger partial charge in [0.1, 0.15) is 0 Å². The predicted octanol–water partition coefficient (Wildman–Crippen LogP) is 1.29. The van der Waals surface area contributed by atoms with Crippen LogP contribution >= 0.6 is 24.8 Å². The van der Waals surface area contributed by atoms with Gasteiger partial charge in [-0.05, 0) is 31.5 Å². The minimum absolute atomic E-state index is 0. The molecule has 1 aliphatic rings. The summed E-state index contributed by atoms with van der Waals surface area (Å²) in [5, 5.41) is 6.04. The second-order valence-electron chi connectivity index (χ2n) is 3.69. The third-order valence-corrected chi connectivity index (χ3v) is 2.55. The van der Waals surface area contributed by atoms with E-state index in [-0.39, 0.29) is 36.8 Å². The van der Waals surface area contributed by atoms with Gasteiger partial charge in [0.05, 0.1) is 18.3 Å². The third kappa shape index (κ3) is 4.89. The highest BCUT2D eigenvalue weighted by Gasteiger charge is 2.21. The lowest BCUT2D eigenvalue weighted by atomic mass is 10.2. The molecule has 0 unspecified atom stereocenters. The van der Waals surface area contributed by atoms with Crippen molar-refractivity contribution in [3.05, 3.63) is 30.1 Å². The Labute approximate surface area is 113 Å². The van der Waals surface area contributed by atoms with Crippen LogP contribution < -0.4 is 10.6 Å². The fourth-order valence-electron chi connectivity index (χ4n) is 1.71. The van der Waals surface area contributed by atoms with Crippen molar-refractivity contribution < 1.29 is 4.79 Å². The zero-order valence-electron chi connectivity index (χ0n) is 9.39.